The van der Waals surface area contributed by atoms with Crippen LogP contribution in [0, 0.1) is 0 Å². The minimum Gasteiger partial charge on any atom is -0.435 e. The van der Waals surface area contributed by atoms with Crippen LogP contribution in [-0.2, 0) is 6.54 Å². The molecule has 96 valence electrons. The first-order valence-electron chi connectivity index (χ1n) is 5.60. The van der Waals surface area contributed by atoms with E-state index in [1.807, 2.05) is 17.1 Å². The molecule has 0 aromatic carbocycles. The highest BCUT2D eigenvalue weighted by Gasteiger charge is 2.06. The molecule has 0 saturated carbocycles. The number of nitrogens with zero attached hydrogens (tertiary/aromatic N) is 4. The molecule has 0 radical (unpaired) electrons. The van der Waals surface area contributed by atoms with Gasteiger partial charge in [-0.1, -0.05) is 18.7 Å². The summed E-state index contributed by atoms with van der Waals surface area (Å²) in [7, 11) is 0. The molecule has 2 rings (SSSR count). The lowest BCUT2D eigenvalue weighted by molar-refractivity contribution is 0.454. The molecule has 18 heavy (non-hydrogen) atoms. The average molecular weight is 265 g/mol. The summed E-state index contributed by atoms with van der Waals surface area (Å²) in [4.78, 5) is 8.27. The zero-order valence-corrected chi connectivity index (χ0v) is 11.1. The minimum atomic E-state index is 0.394. The molecule has 6 nitrogen and oxygen atoms in total. The Hall–Kier alpha value is -1.76. The van der Waals surface area contributed by atoms with Crippen molar-refractivity contribution in [2.75, 3.05) is 12.0 Å². The molecule has 0 amide bonds. The molecule has 0 fully saturated rings. The summed E-state index contributed by atoms with van der Waals surface area (Å²) >= 11 is 1.42. The zero-order chi connectivity index (χ0) is 13.0. The molecule has 7 heteroatoms. The Balaban J connectivity index is 2.14. The second kappa shape index (κ2) is 5.72. The fourth-order valence-corrected chi connectivity index (χ4v) is 1.81. The summed E-state index contributed by atoms with van der Waals surface area (Å²) in [6.07, 6.45) is 6.41. The SMILES string of the molecule is CCCn1cc(Oc2cc(N)nc(SC)n2)cn1. The summed E-state index contributed by atoms with van der Waals surface area (Å²) in [6, 6.07) is 1.59. The van der Waals surface area contributed by atoms with E-state index < -0.39 is 0 Å². The van der Waals surface area contributed by atoms with Gasteiger partial charge in [-0.25, -0.2) is 4.98 Å². The van der Waals surface area contributed by atoms with Crippen LogP contribution < -0.4 is 10.5 Å². The number of nitrogen functional groups attached to an aromatic ring is 1. The van der Waals surface area contributed by atoms with Gasteiger partial charge in [-0.05, 0) is 12.7 Å². The van der Waals surface area contributed by atoms with Gasteiger partial charge in [-0.2, -0.15) is 10.1 Å². The third kappa shape index (κ3) is 3.13. The van der Waals surface area contributed by atoms with E-state index in [9.17, 15) is 0 Å². The van der Waals surface area contributed by atoms with Gasteiger partial charge in [0.15, 0.2) is 10.9 Å². The Labute approximate surface area is 110 Å². The highest BCUT2D eigenvalue weighted by molar-refractivity contribution is 7.98. The van der Waals surface area contributed by atoms with Gasteiger partial charge in [0.05, 0.1) is 12.4 Å². The van der Waals surface area contributed by atoms with Gasteiger partial charge in [0.25, 0.3) is 0 Å². The number of rotatable bonds is 5. The number of ether oxygens (including phenoxy) is 1. The molecule has 2 heterocycles. The Morgan fingerprint density at radius 3 is 3.00 bits per heavy atom. The zero-order valence-electron chi connectivity index (χ0n) is 10.3. The first kappa shape index (κ1) is 12.7. The van der Waals surface area contributed by atoms with E-state index in [2.05, 4.69) is 22.0 Å². The van der Waals surface area contributed by atoms with Gasteiger partial charge in [-0.15, -0.1) is 0 Å². The predicted molar refractivity (Wildman–Crippen MR) is 70.8 cm³/mol. The van der Waals surface area contributed by atoms with Crippen molar-refractivity contribution >= 4 is 17.6 Å². The summed E-state index contributed by atoms with van der Waals surface area (Å²) in [5.74, 6) is 1.47. The van der Waals surface area contributed by atoms with Crippen molar-refractivity contribution in [2.45, 2.75) is 25.0 Å². The molecule has 2 N–H and O–H groups in total. The van der Waals surface area contributed by atoms with Gasteiger partial charge < -0.3 is 10.5 Å². The van der Waals surface area contributed by atoms with E-state index in [-0.39, 0.29) is 0 Å². The van der Waals surface area contributed by atoms with E-state index in [0.717, 1.165) is 13.0 Å². The average Bonchev–Trinajstić information content (AvgIpc) is 2.76. The van der Waals surface area contributed by atoms with Crippen LogP contribution in [0.2, 0.25) is 0 Å². The monoisotopic (exact) mass is 265 g/mol. The lowest BCUT2D eigenvalue weighted by atomic mass is 10.5. The van der Waals surface area contributed by atoms with Crippen molar-refractivity contribution in [1.82, 2.24) is 19.7 Å². The van der Waals surface area contributed by atoms with Crippen LogP contribution in [0.1, 0.15) is 13.3 Å². The Morgan fingerprint density at radius 1 is 1.44 bits per heavy atom. The normalized spacial score (nSPS) is 10.6. The lowest BCUT2D eigenvalue weighted by Gasteiger charge is -2.04. The fraction of sp³-hybridized carbons (Fsp3) is 0.364. The lowest BCUT2D eigenvalue weighted by Crippen LogP contribution is -1.97. The number of aromatic nitrogens is 4. The molecule has 0 aliphatic heterocycles. The standard InChI is InChI=1S/C11H15N5OS/c1-3-4-16-7-8(6-13-16)17-10-5-9(12)14-11(15-10)18-2/h5-7H,3-4H2,1-2H3,(H2,12,14,15). The highest BCUT2D eigenvalue weighted by atomic mass is 32.2. The van der Waals surface area contributed by atoms with E-state index in [1.54, 1.807) is 12.3 Å². The van der Waals surface area contributed by atoms with Crippen molar-refractivity contribution in [3.8, 4) is 11.6 Å². The molecule has 0 saturated heterocycles. The highest BCUT2D eigenvalue weighted by Crippen LogP contribution is 2.22. The Morgan fingerprint density at radius 2 is 2.28 bits per heavy atom. The van der Waals surface area contributed by atoms with E-state index in [0.29, 0.717) is 22.6 Å². The molecular weight excluding hydrogens is 250 g/mol. The number of aryl methyl sites for hydroxylation is 1. The third-order valence-corrected chi connectivity index (χ3v) is 2.72. The minimum absolute atomic E-state index is 0.394. The molecule has 2 aromatic heterocycles. The van der Waals surface area contributed by atoms with E-state index >= 15 is 0 Å². The quantitative estimate of drug-likeness (QED) is 0.659. The number of nitrogens with two attached hydrogens (primary N) is 1. The van der Waals surface area contributed by atoms with Gasteiger partial charge in [0.1, 0.15) is 5.82 Å². The van der Waals surface area contributed by atoms with Crippen LogP contribution in [0.5, 0.6) is 11.6 Å². The molecule has 0 aliphatic carbocycles. The molecule has 0 atom stereocenters. The van der Waals surface area contributed by atoms with Crippen LogP contribution >= 0.6 is 11.8 Å². The predicted octanol–water partition coefficient (Wildman–Crippen LogP) is 2.18. The second-order valence-electron chi connectivity index (χ2n) is 3.66. The van der Waals surface area contributed by atoms with E-state index in [1.165, 1.54) is 11.8 Å². The van der Waals surface area contributed by atoms with Crippen molar-refractivity contribution in [3.63, 3.8) is 0 Å². The second-order valence-corrected chi connectivity index (χ2v) is 4.43. The van der Waals surface area contributed by atoms with Crippen molar-refractivity contribution < 1.29 is 4.74 Å². The first-order chi connectivity index (χ1) is 8.71. The topological polar surface area (TPSA) is 78.9 Å². The number of anilines is 1. The number of hydrogen-bond acceptors (Lipinski definition) is 6. The molecule has 0 aliphatic rings. The summed E-state index contributed by atoms with van der Waals surface area (Å²) in [5, 5.41) is 4.77. The maximum atomic E-state index is 5.68. The number of thioether (sulfide) groups is 1. The fourth-order valence-electron chi connectivity index (χ4n) is 1.43. The summed E-state index contributed by atoms with van der Waals surface area (Å²) in [5.41, 5.74) is 5.68. The summed E-state index contributed by atoms with van der Waals surface area (Å²) in [6.45, 7) is 2.96. The molecule has 0 unspecified atom stereocenters. The molecule has 0 spiro atoms. The van der Waals surface area contributed by atoms with Crippen LogP contribution in [0.3, 0.4) is 0 Å². The van der Waals surface area contributed by atoms with Crippen LogP contribution in [0.4, 0.5) is 5.82 Å². The van der Waals surface area contributed by atoms with E-state index in [4.69, 9.17) is 10.5 Å². The molecule has 2 aromatic rings. The molecular formula is C11H15N5OS. The largest absolute Gasteiger partial charge is 0.435 e. The first-order valence-corrected chi connectivity index (χ1v) is 6.82. The van der Waals surface area contributed by atoms with Crippen molar-refractivity contribution in [2.24, 2.45) is 0 Å². The van der Waals surface area contributed by atoms with Crippen LogP contribution in [0.25, 0.3) is 0 Å². The van der Waals surface area contributed by atoms with Gasteiger partial charge in [0.2, 0.25) is 5.88 Å². The van der Waals surface area contributed by atoms with Crippen molar-refractivity contribution in [1.29, 1.82) is 0 Å². The van der Waals surface area contributed by atoms with Gasteiger partial charge in [0, 0.05) is 12.6 Å². The Kier molecular flexibility index (Phi) is 4.03. The van der Waals surface area contributed by atoms with Crippen LogP contribution in [-0.4, -0.2) is 26.0 Å². The smallest absolute Gasteiger partial charge is 0.225 e. The van der Waals surface area contributed by atoms with Gasteiger partial charge in [-0.3, -0.25) is 4.68 Å². The number of hydrogen-bond donors (Lipinski definition) is 1. The maximum absolute atomic E-state index is 5.68. The summed E-state index contributed by atoms with van der Waals surface area (Å²) < 4.78 is 7.43. The third-order valence-electron chi connectivity index (χ3n) is 2.17. The van der Waals surface area contributed by atoms with Crippen molar-refractivity contribution in [3.05, 3.63) is 18.5 Å². The van der Waals surface area contributed by atoms with Crippen LogP contribution in [0.15, 0.2) is 23.6 Å². The van der Waals surface area contributed by atoms with Gasteiger partial charge >= 0.3 is 0 Å². The molecule has 0 bridgehead atoms. The maximum Gasteiger partial charge on any atom is 0.225 e. The Bertz CT molecular complexity index is 528.